The number of hydrogen-bond donors (Lipinski definition) is 1. The Morgan fingerprint density at radius 2 is 1.85 bits per heavy atom. The van der Waals surface area contributed by atoms with Crippen LogP contribution in [0.25, 0.3) is 6.08 Å². The summed E-state index contributed by atoms with van der Waals surface area (Å²) < 4.78 is 19.2. The zero-order chi connectivity index (χ0) is 24.2. The largest absolute Gasteiger partial charge is 0.484 e. The van der Waals surface area contributed by atoms with Crippen molar-refractivity contribution >= 4 is 80.8 Å². The number of ether oxygens (including phenoxy) is 1. The molecular weight excluding hydrogens is 518 g/mol. The SMILES string of the molecule is O=C(COc1cccc(/C=C2\SC(=S)N(c3ccc(F)cc3)C2=O)c1)Nc1ccc(Cl)c(Cl)c1. The lowest BCUT2D eigenvalue weighted by molar-refractivity contribution is -0.118. The molecule has 0 saturated carbocycles. The number of amides is 2. The van der Waals surface area contributed by atoms with Crippen LogP contribution >= 0.6 is 47.2 Å². The molecular formula is C24H15Cl2FN2O3S2. The quantitative estimate of drug-likeness (QED) is 0.288. The molecule has 1 saturated heterocycles. The molecule has 0 bridgehead atoms. The van der Waals surface area contributed by atoms with Crippen molar-refractivity contribution in [3.05, 3.63) is 93.1 Å². The Bertz CT molecular complexity index is 1320. The molecule has 0 spiro atoms. The van der Waals surface area contributed by atoms with Gasteiger partial charge in [0.2, 0.25) is 0 Å². The summed E-state index contributed by atoms with van der Waals surface area (Å²) in [4.78, 5) is 26.9. The van der Waals surface area contributed by atoms with Gasteiger partial charge in [-0.15, -0.1) is 0 Å². The minimum Gasteiger partial charge on any atom is -0.484 e. The first-order valence-corrected chi connectivity index (χ1v) is 11.8. The van der Waals surface area contributed by atoms with Crippen molar-refractivity contribution in [2.75, 3.05) is 16.8 Å². The van der Waals surface area contributed by atoms with E-state index < -0.39 is 5.82 Å². The molecule has 4 rings (SSSR count). The Hall–Kier alpha value is -2.91. The Balaban J connectivity index is 1.41. The number of carbonyl (C=O) groups excluding carboxylic acids is 2. The van der Waals surface area contributed by atoms with Gasteiger partial charge in [0.25, 0.3) is 11.8 Å². The van der Waals surface area contributed by atoms with Crippen LogP contribution in [0, 0.1) is 5.82 Å². The van der Waals surface area contributed by atoms with Gasteiger partial charge >= 0.3 is 0 Å². The summed E-state index contributed by atoms with van der Waals surface area (Å²) in [7, 11) is 0. The monoisotopic (exact) mass is 532 g/mol. The van der Waals surface area contributed by atoms with Crippen molar-refractivity contribution in [2.45, 2.75) is 0 Å². The van der Waals surface area contributed by atoms with Gasteiger partial charge in [-0.2, -0.15) is 0 Å². The van der Waals surface area contributed by atoms with E-state index in [9.17, 15) is 14.0 Å². The Morgan fingerprint density at radius 3 is 2.59 bits per heavy atom. The molecule has 0 atom stereocenters. The van der Waals surface area contributed by atoms with Crippen molar-refractivity contribution in [3.8, 4) is 5.75 Å². The number of nitrogens with zero attached hydrogens (tertiary/aromatic N) is 1. The molecule has 0 unspecified atom stereocenters. The fraction of sp³-hybridized carbons (Fsp3) is 0.0417. The maximum absolute atomic E-state index is 13.2. The van der Waals surface area contributed by atoms with Crippen LogP contribution in [-0.4, -0.2) is 22.7 Å². The number of nitrogens with one attached hydrogen (secondary N) is 1. The minimum absolute atomic E-state index is 0.226. The van der Waals surface area contributed by atoms with E-state index in [1.165, 1.54) is 29.2 Å². The van der Waals surface area contributed by atoms with Crippen LogP contribution in [-0.2, 0) is 9.59 Å². The van der Waals surface area contributed by atoms with Gasteiger partial charge in [-0.25, -0.2) is 4.39 Å². The summed E-state index contributed by atoms with van der Waals surface area (Å²) in [6, 6.07) is 17.3. The molecule has 0 aromatic heterocycles. The van der Waals surface area contributed by atoms with Crippen molar-refractivity contribution in [2.24, 2.45) is 0 Å². The summed E-state index contributed by atoms with van der Waals surface area (Å²) in [5.74, 6) is -0.614. The zero-order valence-electron chi connectivity index (χ0n) is 17.3. The highest BCUT2D eigenvalue weighted by molar-refractivity contribution is 8.27. The number of carbonyl (C=O) groups is 2. The summed E-state index contributed by atoms with van der Waals surface area (Å²) in [5, 5.41) is 3.40. The standard InChI is InChI=1S/C24H15Cl2FN2O3S2/c25-19-9-6-16(12-20(19)26)28-22(30)13-32-18-3-1-2-14(10-18)11-21-23(31)29(24(33)34-21)17-7-4-15(27)5-8-17/h1-12H,13H2,(H,28,30)/b21-11-. The molecule has 10 heteroatoms. The lowest BCUT2D eigenvalue weighted by Crippen LogP contribution is -2.27. The molecule has 3 aromatic carbocycles. The predicted molar refractivity (Wildman–Crippen MR) is 139 cm³/mol. The zero-order valence-corrected chi connectivity index (χ0v) is 20.4. The highest BCUT2D eigenvalue weighted by Crippen LogP contribution is 2.36. The maximum Gasteiger partial charge on any atom is 0.270 e. The average molecular weight is 533 g/mol. The molecule has 34 heavy (non-hydrogen) atoms. The highest BCUT2D eigenvalue weighted by atomic mass is 35.5. The Labute approximate surface area is 214 Å². The third-order valence-corrected chi connectivity index (χ3v) is 6.65. The van der Waals surface area contributed by atoms with Crippen molar-refractivity contribution in [3.63, 3.8) is 0 Å². The second-order valence-corrected chi connectivity index (χ2v) is 9.52. The van der Waals surface area contributed by atoms with Gasteiger partial charge < -0.3 is 10.1 Å². The Kier molecular flexibility index (Phi) is 7.53. The number of thioether (sulfide) groups is 1. The van der Waals surface area contributed by atoms with Crippen molar-refractivity contribution < 1.29 is 18.7 Å². The van der Waals surface area contributed by atoms with Crippen LogP contribution in [0.15, 0.2) is 71.6 Å². The third-order valence-electron chi connectivity index (χ3n) is 4.61. The van der Waals surface area contributed by atoms with Gasteiger partial charge in [-0.3, -0.25) is 14.5 Å². The first-order valence-electron chi connectivity index (χ1n) is 9.81. The van der Waals surface area contributed by atoms with E-state index >= 15 is 0 Å². The smallest absolute Gasteiger partial charge is 0.270 e. The summed E-state index contributed by atoms with van der Waals surface area (Å²) >= 11 is 18.3. The summed E-state index contributed by atoms with van der Waals surface area (Å²) in [6.45, 7) is -0.226. The van der Waals surface area contributed by atoms with Crippen LogP contribution in [0.4, 0.5) is 15.8 Å². The second kappa shape index (κ2) is 10.6. The molecule has 1 heterocycles. The van der Waals surface area contributed by atoms with Crippen molar-refractivity contribution in [1.29, 1.82) is 0 Å². The van der Waals surface area contributed by atoms with E-state index in [0.717, 1.165) is 11.8 Å². The molecule has 1 aliphatic heterocycles. The number of rotatable bonds is 6. The number of anilines is 2. The number of halogens is 3. The van der Waals surface area contributed by atoms with Gasteiger partial charge in [-0.1, -0.05) is 59.3 Å². The molecule has 0 aliphatic carbocycles. The van der Waals surface area contributed by atoms with Crippen LogP contribution in [0.2, 0.25) is 10.0 Å². The van der Waals surface area contributed by atoms with Gasteiger partial charge in [0, 0.05) is 5.69 Å². The van der Waals surface area contributed by atoms with Gasteiger partial charge in [0.1, 0.15) is 11.6 Å². The average Bonchev–Trinajstić information content (AvgIpc) is 3.08. The lowest BCUT2D eigenvalue weighted by atomic mass is 10.2. The Morgan fingerprint density at radius 1 is 1.09 bits per heavy atom. The topological polar surface area (TPSA) is 58.6 Å². The number of hydrogen-bond acceptors (Lipinski definition) is 5. The van der Waals surface area contributed by atoms with E-state index in [0.29, 0.717) is 42.0 Å². The minimum atomic E-state index is -0.396. The highest BCUT2D eigenvalue weighted by Gasteiger charge is 2.33. The molecule has 1 fully saturated rings. The van der Waals surface area contributed by atoms with E-state index in [4.69, 9.17) is 40.2 Å². The van der Waals surface area contributed by atoms with Crippen LogP contribution in [0.1, 0.15) is 5.56 Å². The first kappa shape index (κ1) is 24.2. The summed E-state index contributed by atoms with van der Waals surface area (Å²) in [5.41, 5.74) is 1.69. The third kappa shape index (κ3) is 5.77. The van der Waals surface area contributed by atoms with Crippen LogP contribution in [0.5, 0.6) is 5.75 Å². The van der Waals surface area contributed by atoms with Crippen LogP contribution < -0.4 is 15.0 Å². The maximum atomic E-state index is 13.2. The van der Waals surface area contributed by atoms with E-state index in [1.807, 2.05) is 0 Å². The molecule has 1 aliphatic rings. The van der Waals surface area contributed by atoms with E-state index in [2.05, 4.69) is 5.32 Å². The van der Waals surface area contributed by atoms with Crippen molar-refractivity contribution in [1.82, 2.24) is 0 Å². The number of thiocarbonyl (C=S) groups is 1. The molecule has 0 radical (unpaired) electrons. The molecule has 2 amide bonds. The first-order chi connectivity index (χ1) is 16.3. The predicted octanol–water partition coefficient (Wildman–Crippen LogP) is 6.56. The molecule has 1 N–H and O–H groups in total. The van der Waals surface area contributed by atoms with Crippen LogP contribution in [0.3, 0.4) is 0 Å². The molecule has 172 valence electrons. The molecule has 3 aromatic rings. The lowest BCUT2D eigenvalue weighted by Gasteiger charge is -2.14. The van der Waals surface area contributed by atoms with E-state index in [1.54, 1.807) is 48.5 Å². The normalized spacial score (nSPS) is 14.6. The fourth-order valence-corrected chi connectivity index (χ4v) is 4.64. The number of benzene rings is 3. The fourth-order valence-electron chi connectivity index (χ4n) is 3.05. The van der Waals surface area contributed by atoms with E-state index in [-0.39, 0.29) is 18.4 Å². The van der Waals surface area contributed by atoms with Gasteiger partial charge in [0.05, 0.1) is 20.6 Å². The second-order valence-electron chi connectivity index (χ2n) is 7.03. The van der Waals surface area contributed by atoms with Gasteiger partial charge in [0.15, 0.2) is 10.9 Å². The van der Waals surface area contributed by atoms with Gasteiger partial charge in [-0.05, 0) is 66.2 Å². The summed E-state index contributed by atoms with van der Waals surface area (Å²) in [6.07, 6.45) is 1.69. The molecule has 5 nitrogen and oxygen atoms in total.